The van der Waals surface area contributed by atoms with Gasteiger partial charge in [-0.15, -0.1) is 0 Å². The molecule has 0 radical (unpaired) electrons. The van der Waals surface area contributed by atoms with Gasteiger partial charge < -0.3 is 10.6 Å². The Labute approximate surface area is 116 Å². The lowest BCUT2D eigenvalue weighted by molar-refractivity contribution is -0.125. The molecule has 2 amide bonds. The Morgan fingerprint density at radius 3 is 2.53 bits per heavy atom. The Morgan fingerprint density at radius 2 is 1.89 bits per heavy atom. The summed E-state index contributed by atoms with van der Waals surface area (Å²) in [6.45, 7) is 2.81. The van der Waals surface area contributed by atoms with E-state index in [0.717, 1.165) is 19.3 Å². The van der Waals surface area contributed by atoms with Crippen molar-refractivity contribution in [3.8, 4) is 0 Å². The number of unbranched alkanes of at least 4 members (excludes halogenated alkanes) is 6. The number of carbonyl (C=O) groups is 2. The van der Waals surface area contributed by atoms with Crippen LogP contribution >= 0.6 is 0 Å². The molecule has 1 aliphatic rings. The molecule has 1 saturated heterocycles. The minimum atomic E-state index is 0.0950. The van der Waals surface area contributed by atoms with Crippen LogP contribution in [-0.4, -0.2) is 24.4 Å². The zero-order valence-corrected chi connectivity index (χ0v) is 12.2. The van der Waals surface area contributed by atoms with Crippen molar-refractivity contribution in [2.75, 3.05) is 6.54 Å². The molecule has 0 saturated carbocycles. The van der Waals surface area contributed by atoms with Crippen LogP contribution in [0.2, 0.25) is 0 Å². The lowest BCUT2D eigenvalue weighted by Crippen LogP contribution is -2.47. The van der Waals surface area contributed by atoms with Crippen molar-refractivity contribution < 1.29 is 9.59 Å². The Morgan fingerprint density at radius 1 is 1.21 bits per heavy atom. The SMILES string of the molecule is CCCCCCCCCC(=O)NC1CCC(=O)NC1. The summed E-state index contributed by atoms with van der Waals surface area (Å²) in [4.78, 5) is 22.7. The summed E-state index contributed by atoms with van der Waals surface area (Å²) in [5.74, 6) is 0.229. The Balaban J connectivity index is 1.94. The molecule has 2 N–H and O–H groups in total. The van der Waals surface area contributed by atoms with Gasteiger partial charge in [0.25, 0.3) is 0 Å². The van der Waals surface area contributed by atoms with Crippen LogP contribution in [0.1, 0.15) is 71.1 Å². The second-order valence-electron chi connectivity index (χ2n) is 5.48. The van der Waals surface area contributed by atoms with E-state index in [4.69, 9.17) is 0 Å². The Bertz CT molecular complexity index is 269. The summed E-state index contributed by atoms with van der Waals surface area (Å²) >= 11 is 0. The third-order valence-corrected chi connectivity index (χ3v) is 3.64. The van der Waals surface area contributed by atoms with Gasteiger partial charge in [0.2, 0.25) is 11.8 Å². The molecule has 0 aliphatic carbocycles. The lowest BCUT2D eigenvalue weighted by Gasteiger charge is -2.23. The van der Waals surface area contributed by atoms with Crippen molar-refractivity contribution in [2.45, 2.75) is 77.2 Å². The van der Waals surface area contributed by atoms with E-state index in [1.807, 2.05) is 0 Å². The van der Waals surface area contributed by atoms with E-state index < -0.39 is 0 Å². The van der Waals surface area contributed by atoms with Crippen molar-refractivity contribution in [2.24, 2.45) is 0 Å². The summed E-state index contributed by atoms with van der Waals surface area (Å²) in [6.07, 6.45) is 10.5. The van der Waals surface area contributed by atoms with Crippen molar-refractivity contribution in [3.05, 3.63) is 0 Å². The average molecular weight is 268 g/mol. The first kappa shape index (κ1) is 16.0. The predicted octanol–water partition coefficient (Wildman–Crippen LogP) is 2.52. The molecule has 0 aromatic carbocycles. The van der Waals surface area contributed by atoms with Crippen molar-refractivity contribution in [1.82, 2.24) is 10.6 Å². The molecule has 1 unspecified atom stereocenters. The normalized spacial score (nSPS) is 19.0. The molecular formula is C15H28N2O2. The van der Waals surface area contributed by atoms with Crippen molar-refractivity contribution >= 4 is 11.8 Å². The van der Waals surface area contributed by atoms with Crippen LogP contribution in [0.25, 0.3) is 0 Å². The monoisotopic (exact) mass is 268 g/mol. The zero-order valence-electron chi connectivity index (χ0n) is 12.2. The molecule has 0 bridgehead atoms. The van der Waals surface area contributed by atoms with Crippen molar-refractivity contribution in [3.63, 3.8) is 0 Å². The van der Waals surface area contributed by atoms with Gasteiger partial charge in [-0.25, -0.2) is 0 Å². The zero-order chi connectivity index (χ0) is 13.9. The third kappa shape index (κ3) is 7.85. The topological polar surface area (TPSA) is 58.2 Å². The molecule has 0 aromatic heterocycles. The highest BCUT2D eigenvalue weighted by Crippen LogP contribution is 2.09. The van der Waals surface area contributed by atoms with Gasteiger partial charge >= 0.3 is 0 Å². The minimum absolute atomic E-state index is 0.0950. The molecule has 1 fully saturated rings. The predicted molar refractivity (Wildman–Crippen MR) is 76.8 cm³/mol. The van der Waals surface area contributed by atoms with Gasteiger partial charge in [0.15, 0.2) is 0 Å². The summed E-state index contributed by atoms with van der Waals surface area (Å²) < 4.78 is 0. The number of amides is 2. The second kappa shape index (κ2) is 9.82. The number of hydrogen-bond donors (Lipinski definition) is 2. The number of carbonyl (C=O) groups excluding carboxylic acids is 2. The van der Waals surface area contributed by atoms with E-state index in [1.165, 1.54) is 32.1 Å². The number of hydrogen-bond acceptors (Lipinski definition) is 2. The summed E-state index contributed by atoms with van der Waals surface area (Å²) in [7, 11) is 0. The number of rotatable bonds is 9. The second-order valence-corrected chi connectivity index (χ2v) is 5.48. The number of piperidine rings is 1. The molecule has 0 aromatic rings. The molecule has 110 valence electrons. The molecule has 19 heavy (non-hydrogen) atoms. The van der Waals surface area contributed by atoms with Crippen LogP contribution in [0.4, 0.5) is 0 Å². The first-order valence-electron chi connectivity index (χ1n) is 7.78. The van der Waals surface area contributed by atoms with Crippen LogP contribution in [0.15, 0.2) is 0 Å². The lowest BCUT2D eigenvalue weighted by atomic mass is 10.1. The van der Waals surface area contributed by atoms with Crippen LogP contribution < -0.4 is 10.6 Å². The van der Waals surface area contributed by atoms with E-state index in [2.05, 4.69) is 17.6 Å². The van der Waals surface area contributed by atoms with Crippen LogP contribution in [-0.2, 0) is 9.59 Å². The molecule has 1 heterocycles. The van der Waals surface area contributed by atoms with Gasteiger partial charge in [-0.3, -0.25) is 9.59 Å². The first-order valence-corrected chi connectivity index (χ1v) is 7.78. The molecule has 1 rings (SSSR count). The third-order valence-electron chi connectivity index (χ3n) is 3.64. The summed E-state index contributed by atoms with van der Waals surface area (Å²) in [5, 5.41) is 5.78. The van der Waals surface area contributed by atoms with E-state index in [9.17, 15) is 9.59 Å². The Hall–Kier alpha value is -1.06. The van der Waals surface area contributed by atoms with E-state index in [0.29, 0.717) is 19.4 Å². The van der Waals surface area contributed by atoms with Gasteiger partial charge in [-0.05, 0) is 12.8 Å². The van der Waals surface area contributed by atoms with Gasteiger partial charge in [0.1, 0.15) is 0 Å². The number of nitrogens with one attached hydrogen (secondary N) is 2. The van der Waals surface area contributed by atoms with Gasteiger partial charge in [0, 0.05) is 25.4 Å². The molecule has 1 atom stereocenters. The standard InChI is InChI=1S/C15H28N2O2/c1-2-3-4-5-6-7-8-9-15(19)17-13-10-11-14(18)16-12-13/h13H,2-12H2,1H3,(H,16,18)(H,17,19). The fourth-order valence-electron chi connectivity index (χ4n) is 2.40. The summed E-state index contributed by atoms with van der Waals surface area (Å²) in [5.41, 5.74) is 0. The highest BCUT2D eigenvalue weighted by molar-refractivity contribution is 5.78. The molecular weight excluding hydrogens is 240 g/mol. The quantitative estimate of drug-likeness (QED) is 0.631. The van der Waals surface area contributed by atoms with E-state index in [-0.39, 0.29) is 17.9 Å². The highest BCUT2D eigenvalue weighted by Gasteiger charge is 2.18. The Kier molecular flexibility index (Phi) is 8.26. The smallest absolute Gasteiger partial charge is 0.220 e. The van der Waals surface area contributed by atoms with Crippen LogP contribution in [0.5, 0.6) is 0 Å². The van der Waals surface area contributed by atoms with Gasteiger partial charge in [0.05, 0.1) is 0 Å². The molecule has 0 spiro atoms. The average Bonchev–Trinajstić information content (AvgIpc) is 2.40. The minimum Gasteiger partial charge on any atom is -0.354 e. The molecule has 1 aliphatic heterocycles. The molecule has 4 nitrogen and oxygen atoms in total. The van der Waals surface area contributed by atoms with Crippen molar-refractivity contribution in [1.29, 1.82) is 0 Å². The molecule has 4 heteroatoms. The van der Waals surface area contributed by atoms with Gasteiger partial charge in [-0.1, -0.05) is 45.4 Å². The van der Waals surface area contributed by atoms with Crippen LogP contribution in [0, 0.1) is 0 Å². The summed E-state index contributed by atoms with van der Waals surface area (Å²) in [6, 6.07) is 0.134. The van der Waals surface area contributed by atoms with E-state index in [1.54, 1.807) is 0 Å². The fraction of sp³-hybridized carbons (Fsp3) is 0.867. The first-order chi connectivity index (χ1) is 9.22. The highest BCUT2D eigenvalue weighted by atomic mass is 16.2. The fourth-order valence-corrected chi connectivity index (χ4v) is 2.40. The largest absolute Gasteiger partial charge is 0.354 e. The maximum atomic E-state index is 11.7. The van der Waals surface area contributed by atoms with Crippen LogP contribution in [0.3, 0.4) is 0 Å². The maximum Gasteiger partial charge on any atom is 0.220 e. The maximum absolute atomic E-state index is 11.7. The van der Waals surface area contributed by atoms with E-state index >= 15 is 0 Å². The van der Waals surface area contributed by atoms with Gasteiger partial charge in [-0.2, -0.15) is 0 Å².